The molecule has 57 heavy (non-hydrogen) atoms. The summed E-state index contributed by atoms with van der Waals surface area (Å²) in [6, 6.07) is 0. The van der Waals surface area contributed by atoms with Crippen molar-refractivity contribution in [3.63, 3.8) is 0 Å². The second-order valence-corrected chi connectivity index (χ2v) is 16.4. The van der Waals surface area contributed by atoms with Gasteiger partial charge in [-0.05, 0) is 68.6 Å². The Morgan fingerprint density at radius 1 is 0.298 bits per heavy atom. The molecule has 0 unspecified atom stereocenters. The average molecular weight is 787 g/mol. The first-order chi connectivity index (χ1) is 28.2. The fourth-order valence-electron chi connectivity index (χ4n) is 6.96. The standard InChI is InChI=1S/C53H90N2O2/c1-3-5-7-9-11-13-15-17-19-21-23-25-27-29-31-33-35-37-39-41-43-45-48-52(56)54-50-47-51-55-53(57)49-46-44-42-40-38-36-34-32-30-28-26-24-22-20-18-16-14-12-10-8-6-4-2/h3-24,33-51H2,1-2H3,(H,54,56)(H,55,57). The normalized spacial score (nSPS) is 10.3. The first-order valence-electron chi connectivity index (χ1n) is 24.7. The number of unbranched alkanes of at least 4 members (excludes halogenated alkanes) is 32. The van der Waals surface area contributed by atoms with E-state index in [0.717, 1.165) is 70.6 Å². The number of carbonyl (C=O) groups excluding carboxylic acids is 2. The highest BCUT2D eigenvalue weighted by atomic mass is 16.2. The SMILES string of the molecule is CCCCCCCCCCCCC#CC#CCCCCCCCCC(=O)NCCCNC(=O)CCCCCCCCC#CC#CCCCCCCCCCCCC. The first-order valence-corrected chi connectivity index (χ1v) is 24.7. The van der Waals surface area contributed by atoms with Crippen LogP contribution in [0, 0.1) is 47.4 Å². The summed E-state index contributed by atoms with van der Waals surface area (Å²) in [7, 11) is 0. The van der Waals surface area contributed by atoms with Crippen LogP contribution in [0.25, 0.3) is 0 Å². The largest absolute Gasteiger partial charge is 0.356 e. The molecule has 0 aromatic rings. The highest BCUT2D eigenvalue weighted by Gasteiger charge is 2.03. The molecule has 0 saturated carbocycles. The monoisotopic (exact) mass is 787 g/mol. The van der Waals surface area contributed by atoms with Gasteiger partial charge in [0.1, 0.15) is 0 Å². The van der Waals surface area contributed by atoms with Gasteiger partial charge in [-0.25, -0.2) is 0 Å². The van der Waals surface area contributed by atoms with E-state index in [2.05, 4.69) is 71.8 Å². The Bertz CT molecular complexity index is 1050. The molecule has 0 bridgehead atoms. The van der Waals surface area contributed by atoms with Gasteiger partial charge >= 0.3 is 0 Å². The van der Waals surface area contributed by atoms with Crippen LogP contribution in [0.3, 0.4) is 0 Å². The molecular weight excluding hydrogens is 697 g/mol. The van der Waals surface area contributed by atoms with Crippen molar-refractivity contribution in [1.82, 2.24) is 10.6 Å². The van der Waals surface area contributed by atoms with E-state index in [0.29, 0.717) is 25.9 Å². The minimum absolute atomic E-state index is 0.126. The van der Waals surface area contributed by atoms with Crippen LogP contribution in [0.15, 0.2) is 0 Å². The van der Waals surface area contributed by atoms with Crippen LogP contribution in [0.4, 0.5) is 0 Å². The lowest BCUT2D eigenvalue weighted by atomic mass is 10.1. The summed E-state index contributed by atoms with van der Waals surface area (Å²) in [6.07, 6.45) is 46.6. The quantitative estimate of drug-likeness (QED) is 0.0480. The molecule has 0 radical (unpaired) electrons. The summed E-state index contributed by atoms with van der Waals surface area (Å²) in [5.74, 6) is 25.2. The number of carbonyl (C=O) groups is 2. The highest BCUT2D eigenvalue weighted by Crippen LogP contribution is 2.13. The zero-order chi connectivity index (χ0) is 41.2. The summed E-state index contributed by atoms with van der Waals surface area (Å²) >= 11 is 0. The maximum atomic E-state index is 12.1. The average Bonchev–Trinajstić information content (AvgIpc) is 3.21. The van der Waals surface area contributed by atoms with Crippen LogP contribution in [0.1, 0.15) is 264 Å². The van der Waals surface area contributed by atoms with Crippen LogP contribution >= 0.6 is 0 Å². The molecule has 0 fully saturated rings. The summed E-state index contributed by atoms with van der Waals surface area (Å²) in [6.45, 7) is 5.80. The Morgan fingerprint density at radius 3 is 0.789 bits per heavy atom. The third kappa shape index (κ3) is 49.3. The second kappa shape index (κ2) is 49.3. The molecule has 0 heterocycles. The smallest absolute Gasteiger partial charge is 0.219 e. The summed E-state index contributed by atoms with van der Waals surface area (Å²) in [5.41, 5.74) is 0. The summed E-state index contributed by atoms with van der Waals surface area (Å²) in [4.78, 5) is 24.3. The Balaban J connectivity index is 3.41. The van der Waals surface area contributed by atoms with Crippen LogP contribution in [0.2, 0.25) is 0 Å². The zero-order valence-electron chi connectivity index (χ0n) is 37.8. The fourth-order valence-corrected chi connectivity index (χ4v) is 6.96. The number of rotatable bonds is 40. The number of amides is 2. The minimum Gasteiger partial charge on any atom is -0.356 e. The predicted octanol–water partition coefficient (Wildman–Crippen LogP) is 14.5. The van der Waals surface area contributed by atoms with Gasteiger partial charge in [0, 0.05) is 51.6 Å². The van der Waals surface area contributed by atoms with Crippen molar-refractivity contribution >= 4 is 11.8 Å². The Labute approximate surface area is 355 Å². The van der Waals surface area contributed by atoms with E-state index in [-0.39, 0.29) is 11.8 Å². The molecule has 0 aliphatic carbocycles. The first kappa shape index (κ1) is 54.2. The molecule has 0 rings (SSSR count). The third-order valence-corrected chi connectivity index (χ3v) is 10.7. The zero-order valence-corrected chi connectivity index (χ0v) is 37.8. The Hall–Kier alpha value is -2.82. The van der Waals surface area contributed by atoms with E-state index < -0.39 is 0 Å². The van der Waals surface area contributed by atoms with Crippen LogP contribution in [-0.4, -0.2) is 24.9 Å². The lowest BCUT2D eigenvalue weighted by molar-refractivity contribution is -0.121. The van der Waals surface area contributed by atoms with Crippen molar-refractivity contribution in [3.8, 4) is 47.4 Å². The fraction of sp³-hybridized carbons (Fsp3) is 0.811. The maximum Gasteiger partial charge on any atom is 0.219 e. The van der Waals surface area contributed by atoms with E-state index in [1.807, 2.05) is 0 Å². The van der Waals surface area contributed by atoms with Gasteiger partial charge in [0.2, 0.25) is 11.8 Å². The molecule has 0 atom stereocenters. The summed E-state index contributed by atoms with van der Waals surface area (Å²) in [5, 5.41) is 6.00. The maximum absolute atomic E-state index is 12.1. The van der Waals surface area contributed by atoms with Gasteiger partial charge in [0.25, 0.3) is 0 Å². The second-order valence-electron chi connectivity index (χ2n) is 16.4. The van der Waals surface area contributed by atoms with E-state index in [1.54, 1.807) is 0 Å². The van der Waals surface area contributed by atoms with Crippen molar-refractivity contribution in [2.45, 2.75) is 264 Å². The van der Waals surface area contributed by atoms with Crippen LogP contribution in [0.5, 0.6) is 0 Å². The van der Waals surface area contributed by atoms with Crippen molar-refractivity contribution in [2.75, 3.05) is 13.1 Å². The van der Waals surface area contributed by atoms with Crippen molar-refractivity contribution in [3.05, 3.63) is 0 Å². The molecule has 4 nitrogen and oxygen atoms in total. The Morgan fingerprint density at radius 2 is 0.526 bits per heavy atom. The Kier molecular flexibility index (Phi) is 46.9. The van der Waals surface area contributed by atoms with E-state index >= 15 is 0 Å². The number of hydrogen-bond donors (Lipinski definition) is 2. The van der Waals surface area contributed by atoms with Gasteiger partial charge in [-0.3, -0.25) is 9.59 Å². The molecule has 324 valence electrons. The van der Waals surface area contributed by atoms with E-state index in [4.69, 9.17) is 0 Å². The van der Waals surface area contributed by atoms with Gasteiger partial charge in [-0.2, -0.15) is 0 Å². The lowest BCUT2D eigenvalue weighted by Gasteiger charge is -2.07. The third-order valence-electron chi connectivity index (χ3n) is 10.7. The molecule has 0 aliphatic rings. The van der Waals surface area contributed by atoms with E-state index in [1.165, 1.54) is 167 Å². The van der Waals surface area contributed by atoms with Gasteiger partial charge in [0.15, 0.2) is 0 Å². The highest BCUT2D eigenvalue weighted by molar-refractivity contribution is 5.76. The topological polar surface area (TPSA) is 58.2 Å². The van der Waals surface area contributed by atoms with Gasteiger partial charge in [0.05, 0.1) is 0 Å². The predicted molar refractivity (Wildman–Crippen MR) is 249 cm³/mol. The molecule has 0 aromatic heterocycles. The number of nitrogens with one attached hydrogen (secondary N) is 2. The van der Waals surface area contributed by atoms with Gasteiger partial charge in [-0.15, -0.1) is 0 Å². The molecule has 0 saturated heterocycles. The molecule has 0 spiro atoms. The van der Waals surface area contributed by atoms with Crippen molar-refractivity contribution in [2.24, 2.45) is 0 Å². The van der Waals surface area contributed by atoms with E-state index in [9.17, 15) is 9.59 Å². The molecule has 2 N–H and O–H groups in total. The molecular formula is C53H90N2O2. The molecule has 0 aromatic carbocycles. The van der Waals surface area contributed by atoms with Crippen LogP contribution in [-0.2, 0) is 9.59 Å². The molecule has 2 amide bonds. The number of hydrogen-bond acceptors (Lipinski definition) is 2. The van der Waals surface area contributed by atoms with Crippen LogP contribution < -0.4 is 10.6 Å². The van der Waals surface area contributed by atoms with Gasteiger partial charge in [-0.1, -0.05) is 204 Å². The lowest BCUT2D eigenvalue weighted by Crippen LogP contribution is -2.29. The summed E-state index contributed by atoms with van der Waals surface area (Å²) < 4.78 is 0. The molecule has 4 heteroatoms. The van der Waals surface area contributed by atoms with Crippen molar-refractivity contribution < 1.29 is 9.59 Å². The minimum atomic E-state index is 0.126. The van der Waals surface area contributed by atoms with Gasteiger partial charge < -0.3 is 10.6 Å². The molecule has 0 aliphatic heterocycles. The van der Waals surface area contributed by atoms with Crippen molar-refractivity contribution in [1.29, 1.82) is 0 Å².